The molecule has 15 nitrogen and oxygen atoms in total. The number of carbonyl (C=O) groups is 7. The van der Waals surface area contributed by atoms with Crippen LogP contribution in [0.1, 0.15) is 53.4 Å². The van der Waals surface area contributed by atoms with Crippen molar-refractivity contribution in [3.63, 3.8) is 0 Å². The molecule has 0 heterocycles. The number of carboxylic acid groups (broad SMARTS) is 3. The lowest BCUT2D eigenvalue weighted by molar-refractivity contribution is -0.142. The Kier molecular flexibility index (Phi) is 13.7. The largest absolute Gasteiger partial charge is 0.481 e. The number of amides is 4. The van der Waals surface area contributed by atoms with Gasteiger partial charge in [-0.15, -0.1) is 0 Å². The van der Waals surface area contributed by atoms with Gasteiger partial charge in [-0.1, -0.05) is 13.8 Å². The second-order valence-corrected chi connectivity index (χ2v) is 8.53. The summed E-state index contributed by atoms with van der Waals surface area (Å²) in [7, 11) is 0. The number of hydrogen-bond acceptors (Lipinski definition) is 8. The molecule has 0 saturated carbocycles. The van der Waals surface area contributed by atoms with Gasteiger partial charge in [-0.05, 0) is 19.3 Å². The maximum Gasteiger partial charge on any atom is 0.305 e. The number of aliphatic carboxylic acids is 3. The molecular weight excluding hydrogens is 484 g/mol. The highest BCUT2D eigenvalue weighted by atomic mass is 16.4. The monoisotopic (exact) mass is 518 g/mol. The maximum absolute atomic E-state index is 12.9. The molecule has 0 bridgehead atoms. The Morgan fingerprint density at radius 2 is 1.19 bits per heavy atom. The Hall–Kier alpha value is -3.75. The molecule has 5 atom stereocenters. The summed E-state index contributed by atoms with van der Waals surface area (Å²) in [6.07, 6.45) is -3.61. The summed E-state index contributed by atoms with van der Waals surface area (Å²) in [5, 5.41) is 45.8. The summed E-state index contributed by atoms with van der Waals surface area (Å²) >= 11 is 0. The topological polar surface area (TPSA) is 249 Å². The minimum absolute atomic E-state index is 0.422. The minimum atomic E-state index is -1.55. The fourth-order valence-electron chi connectivity index (χ4n) is 3.03. The molecule has 0 saturated heterocycles. The lowest BCUT2D eigenvalue weighted by atomic mass is 10.0. The number of aliphatic hydroxyl groups is 1. The van der Waals surface area contributed by atoms with Gasteiger partial charge in [0.15, 0.2) is 0 Å². The summed E-state index contributed by atoms with van der Waals surface area (Å²) in [6.45, 7) is 5.44. The smallest absolute Gasteiger partial charge is 0.305 e. The van der Waals surface area contributed by atoms with E-state index in [0.29, 0.717) is 0 Å². The first-order chi connectivity index (χ1) is 16.5. The van der Waals surface area contributed by atoms with Crippen LogP contribution < -0.4 is 21.3 Å². The van der Waals surface area contributed by atoms with Crippen LogP contribution in [0.3, 0.4) is 0 Å². The van der Waals surface area contributed by atoms with E-state index in [2.05, 4.69) is 21.3 Å². The molecule has 0 aliphatic heterocycles. The molecule has 0 aliphatic carbocycles. The van der Waals surface area contributed by atoms with Crippen molar-refractivity contribution in [3.8, 4) is 0 Å². The highest BCUT2D eigenvalue weighted by Crippen LogP contribution is 2.08. The van der Waals surface area contributed by atoms with E-state index in [1.54, 1.807) is 13.8 Å². The third kappa shape index (κ3) is 12.6. The van der Waals surface area contributed by atoms with Gasteiger partial charge in [-0.3, -0.25) is 33.6 Å². The SMILES string of the molecule is CC(=O)N[C@@H](CC(=O)O)C(=O)N[C@@H](CCC(=O)O)C(=O)N[C@H](C(=O)N[C@@H](CC(=O)O)[C@H](C)O)C(C)C. The molecular formula is C21H34N4O11. The van der Waals surface area contributed by atoms with Crippen LogP contribution in [-0.2, 0) is 33.6 Å². The Balaban J connectivity index is 5.72. The molecule has 0 radical (unpaired) electrons. The molecule has 36 heavy (non-hydrogen) atoms. The molecule has 8 N–H and O–H groups in total. The van der Waals surface area contributed by atoms with Crippen molar-refractivity contribution >= 4 is 41.5 Å². The molecule has 4 amide bonds. The van der Waals surface area contributed by atoms with E-state index in [0.717, 1.165) is 6.92 Å². The average Bonchev–Trinajstić information content (AvgIpc) is 2.71. The first-order valence-electron chi connectivity index (χ1n) is 11.1. The third-order valence-corrected chi connectivity index (χ3v) is 4.90. The molecule has 0 rings (SSSR count). The van der Waals surface area contributed by atoms with Crippen LogP contribution >= 0.6 is 0 Å². The van der Waals surface area contributed by atoms with E-state index in [9.17, 15) is 38.7 Å². The van der Waals surface area contributed by atoms with Gasteiger partial charge in [-0.2, -0.15) is 0 Å². The molecule has 0 aromatic carbocycles. The predicted molar refractivity (Wildman–Crippen MR) is 121 cm³/mol. The average molecular weight is 519 g/mol. The lowest BCUT2D eigenvalue weighted by Crippen LogP contribution is -2.59. The number of carboxylic acids is 3. The Bertz CT molecular complexity index is 828. The van der Waals surface area contributed by atoms with Crippen LogP contribution in [0, 0.1) is 5.92 Å². The van der Waals surface area contributed by atoms with Crippen LogP contribution in [-0.4, -0.2) is 92.2 Å². The van der Waals surface area contributed by atoms with Gasteiger partial charge in [-0.25, -0.2) is 0 Å². The summed E-state index contributed by atoms with van der Waals surface area (Å²) in [6, 6.07) is -5.49. The van der Waals surface area contributed by atoms with Gasteiger partial charge in [0, 0.05) is 13.3 Å². The fourth-order valence-corrected chi connectivity index (χ4v) is 3.03. The van der Waals surface area contributed by atoms with Crippen molar-refractivity contribution in [2.75, 3.05) is 0 Å². The predicted octanol–water partition coefficient (Wildman–Crippen LogP) is -2.20. The molecule has 15 heteroatoms. The van der Waals surface area contributed by atoms with Gasteiger partial charge in [0.05, 0.1) is 25.0 Å². The van der Waals surface area contributed by atoms with E-state index < -0.39 is 103 Å². The molecule has 204 valence electrons. The second kappa shape index (κ2) is 15.3. The van der Waals surface area contributed by atoms with Gasteiger partial charge in [0.25, 0.3) is 0 Å². The number of rotatable bonds is 16. The van der Waals surface area contributed by atoms with Crippen molar-refractivity contribution in [1.29, 1.82) is 0 Å². The highest BCUT2D eigenvalue weighted by Gasteiger charge is 2.33. The normalized spacial score (nSPS) is 14.9. The molecule has 0 aromatic heterocycles. The van der Waals surface area contributed by atoms with Crippen molar-refractivity contribution in [2.45, 2.75) is 83.6 Å². The van der Waals surface area contributed by atoms with Crippen LogP contribution in [0.15, 0.2) is 0 Å². The van der Waals surface area contributed by atoms with Crippen molar-refractivity contribution in [3.05, 3.63) is 0 Å². The Morgan fingerprint density at radius 1 is 0.667 bits per heavy atom. The molecule has 0 spiro atoms. The van der Waals surface area contributed by atoms with Crippen LogP contribution in [0.4, 0.5) is 0 Å². The first-order valence-corrected chi connectivity index (χ1v) is 11.1. The zero-order valence-corrected chi connectivity index (χ0v) is 20.4. The fraction of sp³-hybridized carbons (Fsp3) is 0.667. The molecule has 0 unspecified atom stereocenters. The van der Waals surface area contributed by atoms with E-state index in [4.69, 9.17) is 15.3 Å². The van der Waals surface area contributed by atoms with Crippen LogP contribution in [0.2, 0.25) is 0 Å². The second-order valence-electron chi connectivity index (χ2n) is 8.53. The minimum Gasteiger partial charge on any atom is -0.481 e. The van der Waals surface area contributed by atoms with Crippen molar-refractivity contribution in [1.82, 2.24) is 21.3 Å². The molecule has 0 fully saturated rings. The Labute approximate surface area is 207 Å². The van der Waals surface area contributed by atoms with E-state index in [1.165, 1.54) is 6.92 Å². The van der Waals surface area contributed by atoms with E-state index in [1.807, 2.05) is 0 Å². The zero-order chi connectivity index (χ0) is 28.2. The van der Waals surface area contributed by atoms with Gasteiger partial charge in [0.1, 0.15) is 18.1 Å². The summed E-state index contributed by atoms with van der Waals surface area (Å²) in [5.41, 5.74) is 0. The number of hydrogen-bond donors (Lipinski definition) is 8. The van der Waals surface area contributed by atoms with E-state index >= 15 is 0 Å². The summed E-state index contributed by atoms with van der Waals surface area (Å²) in [5.74, 6) is -8.11. The number of aliphatic hydroxyl groups excluding tert-OH is 1. The Morgan fingerprint density at radius 3 is 1.61 bits per heavy atom. The first kappa shape index (κ1) is 32.2. The van der Waals surface area contributed by atoms with Gasteiger partial charge < -0.3 is 41.7 Å². The van der Waals surface area contributed by atoms with Gasteiger partial charge >= 0.3 is 17.9 Å². The molecule has 0 aromatic rings. The summed E-state index contributed by atoms with van der Waals surface area (Å²) < 4.78 is 0. The van der Waals surface area contributed by atoms with Crippen molar-refractivity contribution in [2.24, 2.45) is 5.92 Å². The third-order valence-electron chi connectivity index (χ3n) is 4.90. The quantitative estimate of drug-likeness (QED) is 0.109. The van der Waals surface area contributed by atoms with E-state index in [-0.39, 0.29) is 0 Å². The summed E-state index contributed by atoms with van der Waals surface area (Å²) in [4.78, 5) is 82.7. The number of nitrogens with one attached hydrogen (secondary N) is 4. The highest BCUT2D eigenvalue weighted by molar-refractivity contribution is 5.95. The standard InChI is InChI=1S/C21H34N4O11/c1-9(2)18(21(36)24-13(10(3)26)7-16(30)31)25-19(34)12(5-6-15(28)29)23-20(35)14(8-17(32)33)22-11(4)27/h9-10,12-14,18,26H,5-8H2,1-4H3,(H,22,27)(H,23,35)(H,24,36)(H,25,34)(H,28,29)(H,30,31)(H,32,33)/t10-,12-,13-,14-,18-/m0/s1. The van der Waals surface area contributed by atoms with Gasteiger partial charge in [0.2, 0.25) is 23.6 Å². The lowest BCUT2D eigenvalue weighted by Gasteiger charge is -2.28. The van der Waals surface area contributed by atoms with Crippen molar-refractivity contribution < 1.29 is 54.0 Å². The maximum atomic E-state index is 12.9. The number of carbonyl (C=O) groups excluding carboxylic acids is 4. The molecule has 0 aliphatic rings. The van der Waals surface area contributed by atoms with Crippen LogP contribution in [0.5, 0.6) is 0 Å². The van der Waals surface area contributed by atoms with Crippen LogP contribution in [0.25, 0.3) is 0 Å². The zero-order valence-electron chi connectivity index (χ0n) is 20.4.